The maximum absolute atomic E-state index is 12.2. The van der Waals surface area contributed by atoms with E-state index >= 15 is 0 Å². The van der Waals surface area contributed by atoms with Crippen LogP contribution in [0.1, 0.15) is 6.42 Å². The first-order valence-corrected chi connectivity index (χ1v) is 3.86. The van der Waals surface area contributed by atoms with E-state index in [2.05, 4.69) is 10.1 Å². The van der Waals surface area contributed by atoms with Gasteiger partial charge < -0.3 is 10.1 Å². The number of hydrogen-bond acceptors (Lipinski definition) is 2. The molecule has 2 atom stereocenters. The highest BCUT2D eigenvalue weighted by molar-refractivity contribution is 4.83. The van der Waals surface area contributed by atoms with Crippen LogP contribution in [0.2, 0.25) is 0 Å². The summed E-state index contributed by atoms with van der Waals surface area (Å²) >= 11 is 0. The van der Waals surface area contributed by atoms with Gasteiger partial charge in [0.05, 0.1) is 0 Å². The molecule has 0 bridgehead atoms. The van der Waals surface area contributed by atoms with Crippen molar-refractivity contribution in [3.63, 3.8) is 0 Å². The summed E-state index contributed by atoms with van der Waals surface area (Å²) in [4.78, 5) is 0. The van der Waals surface area contributed by atoms with Crippen molar-refractivity contribution in [3.05, 3.63) is 0 Å². The summed E-state index contributed by atoms with van der Waals surface area (Å²) in [5, 5.41) is 2.88. The Labute approximate surface area is 69.1 Å². The number of hydrogen-bond donors (Lipinski definition) is 1. The minimum Gasteiger partial charge on any atom is -0.372 e. The highest BCUT2D eigenvalue weighted by Gasteiger charge is 2.45. The topological polar surface area (TPSA) is 21.3 Å². The maximum Gasteiger partial charge on any atom is 0.414 e. The number of ether oxygens (including phenoxy) is 1. The highest BCUT2D eigenvalue weighted by atomic mass is 19.4. The molecule has 1 N–H and O–H groups in total. The Morgan fingerprint density at radius 2 is 2.17 bits per heavy atom. The molecule has 1 aliphatic rings. The first kappa shape index (κ1) is 9.80. The molecule has 1 heterocycles. The van der Waals surface area contributed by atoms with Gasteiger partial charge in [0.1, 0.15) is 0 Å². The van der Waals surface area contributed by atoms with Crippen molar-refractivity contribution in [2.24, 2.45) is 5.92 Å². The predicted octanol–water partition coefficient (Wildman–Crippen LogP) is 1.17. The third-order valence-corrected chi connectivity index (χ3v) is 2.10. The van der Waals surface area contributed by atoms with Crippen LogP contribution >= 0.6 is 0 Å². The largest absolute Gasteiger partial charge is 0.414 e. The molecule has 0 unspecified atom stereocenters. The lowest BCUT2D eigenvalue weighted by molar-refractivity contribution is -0.226. The van der Waals surface area contributed by atoms with Crippen LogP contribution in [0.25, 0.3) is 0 Å². The molecule has 0 aromatic carbocycles. The van der Waals surface area contributed by atoms with Crippen molar-refractivity contribution < 1.29 is 17.9 Å². The van der Waals surface area contributed by atoms with E-state index in [9.17, 15) is 13.2 Å². The average Bonchev–Trinajstić information content (AvgIpc) is 2.38. The molecule has 72 valence electrons. The lowest BCUT2D eigenvalue weighted by Crippen LogP contribution is -2.38. The summed E-state index contributed by atoms with van der Waals surface area (Å²) in [6.07, 6.45) is -5.30. The van der Waals surface area contributed by atoms with E-state index in [1.54, 1.807) is 0 Å². The fourth-order valence-corrected chi connectivity index (χ4v) is 1.53. The van der Waals surface area contributed by atoms with Crippen molar-refractivity contribution in [1.29, 1.82) is 0 Å². The van der Waals surface area contributed by atoms with Gasteiger partial charge in [0.15, 0.2) is 6.10 Å². The number of methoxy groups -OCH3 is 1. The van der Waals surface area contributed by atoms with E-state index < -0.39 is 18.2 Å². The van der Waals surface area contributed by atoms with Gasteiger partial charge in [-0.3, -0.25) is 0 Å². The second kappa shape index (κ2) is 3.62. The third kappa shape index (κ3) is 2.10. The van der Waals surface area contributed by atoms with Crippen LogP contribution in [0, 0.1) is 5.92 Å². The van der Waals surface area contributed by atoms with Crippen LogP contribution in [-0.4, -0.2) is 32.5 Å². The monoisotopic (exact) mass is 183 g/mol. The minimum atomic E-state index is -4.23. The highest BCUT2D eigenvalue weighted by Crippen LogP contribution is 2.30. The molecule has 0 aliphatic carbocycles. The van der Waals surface area contributed by atoms with E-state index in [1.165, 1.54) is 0 Å². The molecular formula is C7H12F3NO. The van der Waals surface area contributed by atoms with Gasteiger partial charge in [0.25, 0.3) is 0 Å². The number of nitrogens with one attached hydrogen (secondary N) is 1. The second-order valence-corrected chi connectivity index (χ2v) is 2.95. The smallest absolute Gasteiger partial charge is 0.372 e. The molecule has 1 saturated heterocycles. The van der Waals surface area contributed by atoms with Crippen LogP contribution in [0.3, 0.4) is 0 Å². The summed E-state index contributed by atoms with van der Waals surface area (Å²) in [7, 11) is 1.11. The fourth-order valence-electron chi connectivity index (χ4n) is 1.53. The van der Waals surface area contributed by atoms with Gasteiger partial charge >= 0.3 is 6.18 Å². The molecule has 1 rings (SSSR count). The molecule has 2 nitrogen and oxygen atoms in total. The van der Waals surface area contributed by atoms with Gasteiger partial charge in [0.2, 0.25) is 0 Å². The van der Waals surface area contributed by atoms with E-state index in [0.29, 0.717) is 19.5 Å². The van der Waals surface area contributed by atoms with Crippen molar-refractivity contribution in [1.82, 2.24) is 5.32 Å². The molecular weight excluding hydrogens is 171 g/mol. The number of alkyl halides is 3. The van der Waals surface area contributed by atoms with Gasteiger partial charge in [-0.1, -0.05) is 0 Å². The van der Waals surface area contributed by atoms with E-state index in [4.69, 9.17) is 0 Å². The molecule has 0 aromatic heterocycles. The third-order valence-electron chi connectivity index (χ3n) is 2.10. The number of halogens is 3. The standard InChI is InChI=1S/C7H12F3NO/c1-12-6(7(8,9)10)5-2-3-11-4-5/h5-6,11H,2-4H2,1H3/t5-,6+/m1/s1. The molecule has 12 heavy (non-hydrogen) atoms. The Morgan fingerprint density at radius 1 is 1.50 bits per heavy atom. The molecule has 0 spiro atoms. The fraction of sp³-hybridized carbons (Fsp3) is 1.00. The molecule has 0 amide bonds. The lowest BCUT2D eigenvalue weighted by Gasteiger charge is -2.23. The van der Waals surface area contributed by atoms with Crippen LogP contribution in [-0.2, 0) is 4.74 Å². The van der Waals surface area contributed by atoms with Gasteiger partial charge in [-0.15, -0.1) is 0 Å². The van der Waals surface area contributed by atoms with Gasteiger partial charge in [-0.05, 0) is 13.0 Å². The van der Waals surface area contributed by atoms with Crippen LogP contribution < -0.4 is 5.32 Å². The molecule has 0 radical (unpaired) electrons. The Bertz CT molecular complexity index is 142. The zero-order valence-corrected chi connectivity index (χ0v) is 6.82. The Hall–Kier alpha value is -0.290. The van der Waals surface area contributed by atoms with Gasteiger partial charge in [-0.2, -0.15) is 13.2 Å². The van der Waals surface area contributed by atoms with E-state index in [-0.39, 0.29) is 0 Å². The van der Waals surface area contributed by atoms with Crippen molar-refractivity contribution in [2.45, 2.75) is 18.7 Å². The minimum absolute atomic E-state index is 0.401. The summed E-state index contributed by atoms with van der Waals surface area (Å²) in [6.45, 7) is 1.05. The van der Waals surface area contributed by atoms with E-state index in [0.717, 1.165) is 7.11 Å². The number of rotatable bonds is 2. The Kier molecular flexibility index (Phi) is 2.95. The van der Waals surface area contributed by atoms with Gasteiger partial charge in [0, 0.05) is 19.6 Å². The average molecular weight is 183 g/mol. The van der Waals surface area contributed by atoms with Crippen molar-refractivity contribution in [3.8, 4) is 0 Å². The van der Waals surface area contributed by atoms with Crippen molar-refractivity contribution in [2.75, 3.05) is 20.2 Å². The second-order valence-electron chi connectivity index (χ2n) is 2.95. The molecule has 1 aliphatic heterocycles. The summed E-state index contributed by atoms with van der Waals surface area (Å²) < 4.78 is 41.1. The zero-order chi connectivity index (χ0) is 9.19. The van der Waals surface area contributed by atoms with E-state index in [1.807, 2.05) is 0 Å². The predicted molar refractivity (Wildman–Crippen MR) is 37.8 cm³/mol. The first-order chi connectivity index (χ1) is 5.55. The first-order valence-electron chi connectivity index (χ1n) is 3.86. The van der Waals surface area contributed by atoms with Crippen LogP contribution in [0.15, 0.2) is 0 Å². The summed E-state index contributed by atoms with van der Waals surface area (Å²) in [5.74, 6) is -0.421. The lowest BCUT2D eigenvalue weighted by atomic mass is 10.0. The Morgan fingerprint density at radius 3 is 2.50 bits per heavy atom. The molecule has 0 aromatic rings. The van der Waals surface area contributed by atoms with Gasteiger partial charge in [-0.25, -0.2) is 0 Å². The summed E-state index contributed by atoms with van der Waals surface area (Å²) in [6, 6.07) is 0. The molecule has 1 fully saturated rings. The quantitative estimate of drug-likeness (QED) is 0.694. The normalized spacial score (nSPS) is 27.5. The zero-order valence-electron chi connectivity index (χ0n) is 6.82. The SMILES string of the molecule is CO[C@@H]([C@@H]1CCNC1)C(F)(F)F. The maximum atomic E-state index is 12.2. The molecule has 5 heteroatoms. The summed E-state index contributed by atoms with van der Waals surface area (Å²) in [5.41, 5.74) is 0. The van der Waals surface area contributed by atoms with Crippen LogP contribution in [0.5, 0.6) is 0 Å². The molecule has 0 saturated carbocycles. The van der Waals surface area contributed by atoms with Crippen molar-refractivity contribution >= 4 is 0 Å². The Balaban J connectivity index is 2.54. The van der Waals surface area contributed by atoms with Crippen LogP contribution in [0.4, 0.5) is 13.2 Å².